The lowest BCUT2D eigenvalue weighted by Crippen LogP contribution is -2.55. The molecule has 0 radical (unpaired) electrons. The summed E-state index contributed by atoms with van der Waals surface area (Å²) in [5, 5.41) is 10.8. The Morgan fingerprint density at radius 1 is 0.881 bits per heavy atom. The van der Waals surface area contributed by atoms with Crippen molar-refractivity contribution in [1.29, 1.82) is 0 Å². The zero-order chi connectivity index (χ0) is 30.6. The molecule has 6 heteroatoms. The fourth-order valence-corrected chi connectivity index (χ4v) is 10.9. The number of allylic oxidation sites excluding steroid dienone is 4. The van der Waals surface area contributed by atoms with Gasteiger partial charge in [0.15, 0.2) is 0 Å². The van der Waals surface area contributed by atoms with Gasteiger partial charge in [-0.15, -0.1) is 47.2 Å². The summed E-state index contributed by atoms with van der Waals surface area (Å²) >= 11 is 16.6. The van der Waals surface area contributed by atoms with E-state index in [2.05, 4.69) is 66.4 Å². The van der Waals surface area contributed by atoms with Gasteiger partial charge in [-0.3, -0.25) is 4.90 Å². The highest BCUT2D eigenvalue weighted by molar-refractivity contribution is 6.18. The minimum absolute atomic E-state index is 0. The number of alkyl halides is 3. The van der Waals surface area contributed by atoms with E-state index in [0.717, 1.165) is 37.9 Å². The van der Waals surface area contributed by atoms with Crippen LogP contribution in [0.15, 0.2) is 22.8 Å². The number of aliphatic hydroxyl groups excluding tert-OH is 1. The fourth-order valence-electron chi connectivity index (χ4n) is 10.2. The van der Waals surface area contributed by atoms with Gasteiger partial charge in [0.25, 0.3) is 0 Å². The molecule has 7 unspecified atom stereocenters. The Bertz CT molecular complexity index is 915. The van der Waals surface area contributed by atoms with Gasteiger partial charge in [-0.25, -0.2) is 0 Å². The number of hydrogen-bond donors (Lipinski definition) is 1. The summed E-state index contributed by atoms with van der Waals surface area (Å²) in [6.45, 7) is 22.3. The van der Waals surface area contributed by atoms with Crippen LogP contribution in [0, 0.1) is 39.4 Å². The van der Waals surface area contributed by atoms with Crippen LogP contribution in [-0.4, -0.2) is 53.4 Å². The van der Waals surface area contributed by atoms with E-state index in [0.29, 0.717) is 39.8 Å². The van der Waals surface area contributed by atoms with E-state index in [4.69, 9.17) is 34.8 Å². The predicted octanol–water partition coefficient (Wildman–Crippen LogP) is 10.9. The third kappa shape index (κ3) is 7.57. The quantitative estimate of drug-likeness (QED) is 0.185. The molecule has 7 atom stereocenters. The van der Waals surface area contributed by atoms with Crippen molar-refractivity contribution in [2.75, 3.05) is 37.3 Å². The van der Waals surface area contributed by atoms with Gasteiger partial charge in [-0.1, -0.05) is 64.3 Å². The van der Waals surface area contributed by atoms with Gasteiger partial charge in [0.05, 0.1) is 6.10 Å². The van der Waals surface area contributed by atoms with Crippen molar-refractivity contribution in [2.45, 2.75) is 126 Å². The summed E-state index contributed by atoms with van der Waals surface area (Å²) in [4.78, 5) is 2.15. The van der Waals surface area contributed by atoms with Crippen LogP contribution in [-0.2, 0) is 0 Å². The Kier molecular flexibility index (Phi) is 14.7. The molecule has 1 N–H and O–H groups in total. The summed E-state index contributed by atoms with van der Waals surface area (Å²) in [6, 6.07) is 0. The second-order valence-electron chi connectivity index (χ2n) is 15.5. The Hall–Kier alpha value is 0.560. The normalized spacial score (nSPS) is 35.7. The molecule has 0 heterocycles. The van der Waals surface area contributed by atoms with Crippen LogP contribution < -0.4 is 0 Å². The number of halogens is 4. The predicted molar refractivity (Wildman–Crippen MR) is 189 cm³/mol. The number of nitrogens with zero attached hydrogens (tertiary/aromatic N) is 1. The molecule has 2 saturated carbocycles. The van der Waals surface area contributed by atoms with Crippen LogP contribution in [0.2, 0.25) is 0 Å². The van der Waals surface area contributed by atoms with Gasteiger partial charge >= 0.3 is 0 Å². The first-order valence-corrected chi connectivity index (χ1v) is 18.3. The maximum absolute atomic E-state index is 10.8. The van der Waals surface area contributed by atoms with Crippen molar-refractivity contribution < 1.29 is 5.11 Å². The minimum Gasteiger partial charge on any atom is -0.393 e. The molecule has 246 valence electrons. The Labute approximate surface area is 281 Å². The molecule has 4 rings (SSSR count). The highest BCUT2D eigenvalue weighted by Gasteiger charge is 2.63. The first kappa shape index (κ1) is 38.7. The van der Waals surface area contributed by atoms with E-state index < -0.39 is 0 Å². The van der Waals surface area contributed by atoms with E-state index in [9.17, 15) is 5.11 Å². The van der Waals surface area contributed by atoms with Crippen molar-refractivity contribution in [1.82, 2.24) is 4.90 Å². The van der Waals surface area contributed by atoms with Crippen molar-refractivity contribution >= 4 is 47.2 Å². The molecule has 0 amide bonds. The average molecular weight is 668 g/mol. The number of fused-ring (bicyclic) bond motifs is 4. The maximum atomic E-state index is 10.8. The largest absolute Gasteiger partial charge is 0.393 e. The van der Waals surface area contributed by atoms with E-state index in [1.165, 1.54) is 63.4 Å². The molecule has 2 nitrogen and oxygen atoms in total. The molecular weight excluding hydrogens is 604 g/mol. The Balaban J connectivity index is 0.000000483. The van der Waals surface area contributed by atoms with Gasteiger partial charge in [0.2, 0.25) is 0 Å². The highest BCUT2D eigenvalue weighted by Crippen LogP contribution is 2.72. The van der Waals surface area contributed by atoms with Gasteiger partial charge in [-0.05, 0) is 117 Å². The number of rotatable bonds is 10. The molecule has 0 aromatic rings. The number of aliphatic hydroxyl groups is 1. The van der Waals surface area contributed by atoms with Gasteiger partial charge in [-0.2, -0.15) is 0 Å². The standard InChI is InChI=1S/C30H50O.C6H12Cl3N.ClH/c1-20(2)10-9-11-21(3)22-14-18-30(8)24-12-13-25-27(4,5)26(31)16-17-28(25,6)23(24)15-19-29(22,30)7;7-1-4-10(5-2-8)6-3-9;/h10,21-22,25-26,31H,9,11-19H2,1-8H3;1-6H2;1H. The molecular formula is C36H63Cl4NO. The van der Waals surface area contributed by atoms with E-state index in [1.54, 1.807) is 0 Å². The summed E-state index contributed by atoms with van der Waals surface area (Å²) in [7, 11) is 0. The van der Waals surface area contributed by atoms with Gasteiger partial charge < -0.3 is 5.11 Å². The zero-order valence-corrected chi connectivity index (χ0v) is 31.2. The molecule has 42 heavy (non-hydrogen) atoms. The molecule has 0 bridgehead atoms. The lowest BCUT2D eigenvalue weighted by molar-refractivity contribution is -0.0962. The molecule has 0 spiro atoms. The number of hydrogen-bond acceptors (Lipinski definition) is 2. The van der Waals surface area contributed by atoms with Crippen LogP contribution in [0.25, 0.3) is 0 Å². The summed E-state index contributed by atoms with van der Waals surface area (Å²) in [6.07, 6.45) is 15.2. The summed E-state index contributed by atoms with van der Waals surface area (Å²) in [5.41, 5.74) is 6.41. The minimum atomic E-state index is -0.130. The van der Waals surface area contributed by atoms with Crippen LogP contribution in [0.1, 0.15) is 120 Å². The smallest absolute Gasteiger partial charge is 0.0594 e. The van der Waals surface area contributed by atoms with E-state index >= 15 is 0 Å². The van der Waals surface area contributed by atoms with Crippen molar-refractivity contribution in [2.24, 2.45) is 39.4 Å². The summed E-state index contributed by atoms with van der Waals surface area (Å²) < 4.78 is 0. The van der Waals surface area contributed by atoms with E-state index in [-0.39, 0.29) is 23.9 Å². The summed E-state index contributed by atoms with van der Waals surface area (Å²) in [5.74, 6) is 4.26. The molecule has 2 fully saturated rings. The molecule has 0 aromatic carbocycles. The molecule has 4 aliphatic carbocycles. The van der Waals surface area contributed by atoms with Crippen LogP contribution in [0.5, 0.6) is 0 Å². The second kappa shape index (κ2) is 15.9. The van der Waals surface area contributed by atoms with Crippen LogP contribution >= 0.6 is 47.2 Å². The SMILES string of the molecule is CC(C)=CCCC(C)C1CCC2(C)C3=C(CCC12C)C1(C)CCC(O)C(C)(C)C1CC3.Cl.ClCCN(CCCl)CCCl. The first-order valence-electron chi connectivity index (χ1n) is 16.7. The monoisotopic (exact) mass is 665 g/mol. The second-order valence-corrected chi connectivity index (χ2v) is 16.6. The zero-order valence-electron chi connectivity index (χ0n) is 28.1. The molecule has 4 aliphatic rings. The third-order valence-electron chi connectivity index (χ3n) is 12.9. The molecule has 0 saturated heterocycles. The van der Waals surface area contributed by atoms with Crippen molar-refractivity contribution in [3.05, 3.63) is 22.8 Å². The van der Waals surface area contributed by atoms with Gasteiger partial charge in [0, 0.05) is 37.3 Å². The van der Waals surface area contributed by atoms with Crippen LogP contribution in [0.3, 0.4) is 0 Å². The third-order valence-corrected chi connectivity index (χ3v) is 13.4. The van der Waals surface area contributed by atoms with Crippen molar-refractivity contribution in [3.63, 3.8) is 0 Å². The lowest BCUT2D eigenvalue weighted by atomic mass is 9.43. The van der Waals surface area contributed by atoms with Gasteiger partial charge in [0.1, 0.15) is 0 Å². The fraction of sp³-hybridized carbons (Fsp3) is 0.889. The average Bonchev–Trinajstić information content (AvgIpc) is 3.18. The lowest BCUT2D eigenvalue weighted by Gasteiger charge is -2.62. The van der Waals surface area contributed by atoms with Crippen LogP contribution in [0.4, 0.5) is 0 Å². The maximum Gasteiger partial charge on any atom is 0.0594 e. The Morgan fingerprint density at radius 2 is 1.48 bits per heavy atom. The molecule has 0 aliphatic heterocycles. The topological polar surface area (TPSA) is 23.5 Å². The molecule has 0 aromatic heterocycles. The Morgan fingerprint density at radius 3 is 2.02 bits per heavy atom. The van der Waals surface area contributed by atoms with E-state index in [1.807, 2.05) is 11.1 Å². The van der Waals surface area contributed by atoms with Crippen molar-refractivity contribution in [3.8, 4) is 0 Å². The first-order chi connectivity index (χ1) is 19.2. The highest BCUT2D eigenvalue weighted by atomic mass is 35.5.